The van der Waals surface area contributed by atoms with Gasteiger partial charge in [-0.25, -0.2) is 0 Å². The summed E-state index contributed by atoms with van der Waals surface area (Å²) in [4.78, 5) is 13.1. The Labute approximate surface area is 175 Å². The number of quaternary nitrogens is 1. The SMILES string of the molecule is COc1cc2c(cc1OC)[C@H](COC(C)=O)[C@@H]1c3cc4c(cc3CC[NH+]1C2)OCO4. The highest BCUT2D eigenvalue weighted by atomic mass is 16.7. The number of ether oxygens (including phenoxy) is 5. The number of hydrogen-bond acceptors (Lipinski definition) is 6. The molecule has 0 aromatic heterocycles. The third kappa shape index (κ3) is 3.04. The van der Waals surface area contributed by atoms with Crippen LogP contribution in [0.3, 0.4) is 0 Å². The summed E-state index contributed by atoms with van der Waals surface area (Å²) in [6.07, 6.45) is 0.973. The molecule has 0 radical (unpaired) electrons. The number of carbonyl (C=O) groups is 1. The summed E-state index contributed by atoms with van der Waals surface area (Å²) >= 11 is 0. The Bertz CT molecular complexity index is 1000. The van der Waals surface area contributed by atoms with Crippen molar-refractivity contribution in [2.75, 3.05) is 34.2 Å². The summed E-state index contributed by atoms with van der Waals surface area (Å²) < 4.78 is 27.9. The van der Waals surface area contributed by atoms with Crippen LogP contribution in [0.25, 0.3) is 0 Å². The highest BCUT2D eigenvalue weighted by molar-refractivity contribution is 5.66. The first-order valence-electron chi connectivity index (χ1n) is 10.2. The molecule has 30 heavy (non-hydrogen) atoms. The maximum Gasteiger partial charge on any atom is 0.302 e. The number of methoxy groups -OCH3 is 2. The van der Waals surface area contributed by atoms with Crippen molar-refractivity contribution >= 4 is 5.97 Å². The Morgan fingerprint density at radius 3 is 2.50 bits per heavy atom. The molecule has 0 aliphatic carbocycles. The van der Waals surface area contributed by atoms with Crippen molar-refractivity contribution in [3.63, 3.8) is 0 Å². The van der Waals surface area contributed by atoms with E-state index in [2.05, 4.69) is 18.2 Å². The fourth-order valence-corrected chi connectivity index (χ4v) is 5.13. The van der Waals surface area contributed by atoms with Crippen molar-refractivity contribution in [2.24, 2.45) is 0 Å². The van der Waals surface area contributed by atoms with Gasteiger partial charge in [-0.15, -0.1) is 0 Å². The van der Waals surface area contributed by atoms with Gasteiger partial charge in [-0.2, -0.15) is 0 Å². The molecule has 158 valence electrons. The van der Waals surface area contributed by atoms with Gasteiger partial charge in [0.1, 0.15) is 19.2 Å². The van der Waals surface area contributed by atoms with Gasteiger partial charge in [0.25, 0.3) is 0 Å². The Kier molecular flexibility index (Phi) is 4.70. The van der Waals surface area contributed by atoms with Gasteiger partial charge in [-0.05, 0) is 35.4 Å². The van der Waals surface area contributed by atoms with E-state index >= 15 is 0 Å². The minimum Gasteiger partial charge on any atom is -0.493 e. The van der Waals surface area contributed by atoms with Crippen LogP contribution in [0.2, 0.25) is 0 Å². The van der Waals surface area contributed by atoms with E-state index in [9.17, 15) is 4.79 Å². The zero-order valence-electron chi connectivity index (χ0n) is 17.4. The van der Waals surface area contributed by atoms with Gasteiger partial charge in [-0.1, -0.05) is 0 Å². The van der Waals surface area contributed by atoms with Gasteiger partial charge < -0.3 is 28.6 Å². The van der Waals surface area contributed by atoms with Crippen LogP contribution in [0.4, 0.5) is 0 Å². The van der Waals surface area contributed by atoms with E-state index in [0.29, 0.717) is 12.4 Å². The summed E-state index contributed by atoms with van der Waals surface area (Å²) in [5.74, 6) is 2.75. The largest absolute Gasteiger partial charge is 0.493 e. The quantitative estimate of drug-likeness (QED) is 0.773. The third-order valence-electron chi connectivity index (χ3n) is 6.46. The van der Waals surface area contributed by atoms with Crippen molar-refractivity contribution in [3.8, 4) is 23.0 Å². The molecule has 3 aliphatic rings. The summed E-state index contributed by atoms with van der Waals surface area (Å²) in [7, 11) is 3.29. The van der Waals surface area contributed by atoms with Crippen molar-refractivity contribution in [1.29, 1.82) is 0 Å². The van der Waals surface area contributed by atoms with E-state index in [4.69, 9.17) is 23.7 Å². The molecule has 0 saturated carbocycles. The van der Waals surface area contributed by atoms with E-state index in [-0.39, 0.29) is 24.7 Å². The molecule has 0 bridgehead atoms. The van der Waals surface area contributed by atoms with Crippen molar-refractivity contribution in [2.45, 2.75) is 31.8 Å². The number of benzene rings is 2. The van der Waals surface area contributed by atoms with Crippen LogP contribution in [-0.2, 0) is 22.5 Å². The van der Waals surface area contributed by atoms with Gasteiger partial charge in [0.15, 0.2) is 23.0 Å². The van der Waals surface area contributed by atoms with E-state index in [0.717, 1.165) is 42.3 Å². The van der Waals surface area contributed by atoms with Gasteiger partial charge >= 0.3 is 5.97 Å². The molecule has 0 amide bonds. The van der Waals surface area contributed by atoms with Crippen molar-refractivity contribution in [3.05, 3.63) is 46.5 Å². The summed E-state index contributed by atoms with van der Waals surface area (Å²) in [5, 5.41) is 0. The molecular formula is C23H26NO6+. The lowest BCUT2D eigenvalue weighted by molar-refractivity contribution is -0.951. The molecular weight excluding hydrogens is 386 g/mol. The lowest BCUT2D eigenvalue weighted by atomic mass is 9.76. The zero-order valence-corrected chi connectivity index (χ0v) is 17.4. The zero-order chi connectivity index (χ0) is 20.8. The number of nitrogens with one attached hydrogen (secondary N) is 1. The molecule has 7 nitrogen and oxygen atoms in total. The average molecular weight is 412 g/mol. The summed E-state index contributed by atoms with van der Waals surface area (Å²) in [5.41, 5.74) is 4.89. The van der Waals surface area contributed by atoms with Crippen LogP contribution in [0.15, 0.2) is 24.3 Å². The smallest absolute Gasteiger partial charge is 0.302 e. The van der Waals surface area contributed by atoms with Gasteiger partial charge in [0, 0.05) is 24.5 Å². The third-order valence-corrected chi connectivity index (χ3v) is 6.46. The topological polar surface area (TPSA) is 67.7 Å². The molecule has 7 heteroatoms. The van der Waals surface area contributed by atoms with Crippen LogP contribution in [-0.4, -0.2) is 40.1 Å². The second kappa shape index (κ2) is 7.40. The minimum absolute atomic E-state index is 0.00637. The molecule has 3 heterocycles. The van der Waals surface area contributed by atoms with Crippen LogP contribution >= 0.6 is 0 Å². The number of rotatable bonds is 4. The minimum atomic E-state index is -0.272. The predicted molar refractivity (Wildman–Crippen MR) is 107 cm³/mol. The van der Waals surface area contributed by atoms with E-state index < -0.39 is 0 Å². The number of esters is 1. The number of hydrogen-bond donors (Lipinski definition) is 1. The van der Waals surface area contributed by atoms with Crippen LogP contribution in [0.5, 0.6) is 23.0 Å². The van der Waals surface area contributed by atoms with Crippen molar-refractivity contribution in [1.82, 2.24) is 0 Å². The lowest BCUT2D eigenvalue weighted by Gasteiger charge is -2.43. The summed E-state index contributed by atoms with van der Waals surface area (Å²) in [6.45, 7) is 3.92. The first-order valence-corrected chi connectivity index (χ1v) is 10.2. The Hall–Kier alpha value is -2.93. The standard InChI is InChI=1S/C23H25NO6/c1-13(25)28-11-18-16-8-20(27-3)19(26-2)7-15(16)10-24-5-4-14-6-21-22(30-12-29-21)9-17(14)23(18)24/h6-9,18,23H,4-5,10-12H2,1-3H3/p+1/t18-,23-/m0/s1. The molecule has 0 spiro atoms. The van der Waals surface area contributed by atoms with Gasteiger partial charge in [0.05, 0.1) is 26.7 Å². The highest BCUT2D eigenvalue weighted by Crippen LogP contribution is 2.45. The predicted octanol–water partition coefficient (Wildman–Crippen LogP) is 1.78. The fourth-order valence-electron chi connectivity index (χ4n) is 5.13. The van der Waals surface area contributed by atoms with Crippen LogP contribution < -0.4 is 23.8 Å². The normalized spacial score (nSPS) is 23.1. The molecule has 0 fully saturated rings. The number of carbonyl (C=O) groups excluding carboxylic acids is 1. The molecule has 1 N–H and O–H groups in total. The second-order valence-corrected chi connectivity index (χ2v) is 8.03. The van der Waals surface area contributed by atoms with E-state index in [1.54, 1.807) is 14.2 Å². The molecule has 3 atom stereocenters. The van der Waals surface area contributed by atoms with Gasteiger partial charge in [0.2, 0.25) is 6.79 Å². The molecule has 5 rings (SSSR count). The molecule has 1 unspecified atom stereocenters. The average Bonchev–Trinajstić information content (AvgIpc) is 3.21. The molecule has 3 aliphatic heterocycles. The van der Waals surface area contributed by atoms with Crippen molar-refractivity contribution < 1.29 is 33.4 Å². The summed E-state index contributed by atoms with van der Waals surface area (Å²) in [6, 6.07) is 8.50. The highest BCUT2D eigenvalue weighted by Gasteiger charge is 2.44. The fraction of sp³-hybridized carbons (Fsp3) is 0.435. The first kappa shape index (κ1) is 19.1. The molecule has 2 aromatic rings. The molecule has 2 aromatic carbocycles. The van der Waals surface area contributed by atoms with E-state index in [1.165, 1.54) is 28.5 Å². The maximum absolute atomic E-state index is 11.7. The van der Waals surface area contributed by atoms with Gasteiger partial charge in [-0.3, -0.25) is 4.79 Å². The monoisotopic (exact) mass is 412 g/mol. The Morgan fingerprint density at radius 2 is 1.77 bits per heavy atom. The van der Waals surface area contributed by atoms with Crippen LogP contribution in [0.1, 0.15) is 41.1 Å². The Morgan fingerprint density at radius 1 is 1.03 bits per heavy atom. The van der Waals surface area contributed by atoms with Crippen LogP contribution in [0, 0.1) is 0 Å². The second-order valence-electron chi connectivity index (χ2n) is 8.03. The lowest BCUT2D eigenvalue weighted by Crippen LogP contribution is -3.13. The number of fused-ring (bicyclic) bond motifs is 5. The molecule has 0 saturated heterocycles. The Balaban J connectivity index is 1.63. The van der Waals surface area contributed by atoms with E-state index in [1.807, 2.05) is 6.07 Å². The maximum atomic E-state index is 11.7. The first-order chi connectivity index (χ1) is 14.6.